The number of carbonyl (C=O) groups is 2. The van der Waals surface area contributed by atoms with E-state index in [0.717, 1.165) is 10.6 Å². The van der Waals surface area contributed by atoms with Gasteiger partial charge in [0.1, 0.15) is 0 Å². The van der Waals surface area contributed by atoms with Crippen LogP contribution in [0.15, 0.2) is 41.3 Å². The van der Waals surface area contributed by atoms with Gasteiger partial charge >= 0.3 is 5.97 Å². The summed E-state index contributed by atoms with van der Waals surface area (Å²) in [7, 11) is 0. The van der Waals surface area contributed by atoms with E-state index in [1.54, 1.807) is 23.9 Å². The van der Waals surface area contributed by atoms with Crippen LogP contribution in [0.1, 0.15) is 34.1 Å². The molecule has 1 aromatic heterocycles. The van der Waals surface area contributed by atoms with Crippen LogP contribution in [0, 0.1) is 0 Å². The second kappa shape index (κ2) is 5.41. The molecule has 1 aliphatic heterocycles. The van der Waals surface area contributed by atoms with Crippen LogP contribution in [0.4, 0.5) is 0 Å². The first-order valence-electron chi connectivity index (χ1n) is 6.73. The minimum absolute atomic E-state index is 0.0556. The van der Waals surface area contributed by atoms with E-state index < -0.39 is 11.9 Å². The number of hydrogen-bond donors (Lipinski definition) is 1. The largest absolute Gasteiger partial charge is 0.481 e. The molecule has 0 saturated heterocycles. The second-order valence-electron chi connectivity index (χ2n) is 5.03. The van der Waals surface area contributed by atoms with Crippen LogP contribution in [0.3, 0.4) is 0 Å². The zero-order valence-electron chi connectivity index (χ0n) is 11.6. The number of hydrogen-bond acceptors (Lipinski definition) is 3. The zero-order valence-corrected chi connectivity index (χ0v) is 12.4. The summed E-state index contributed by atoms with van der Waals surface area (Å²) in [6.45, 7) is 0.587. The number of thioether (sulfide) groups is 1. The van der Waals surface area contributed by atoms with Crippen molar-refractivity contribution in [2.75, 3.05) is 6.26 Å². The van der Waals surface area contributed by atoms with Crippen molar-refractivity contribution in [3.63, 3.8) is 0 Å². The Labute approximate surface area is 126 Å². The van der Waals surface area contributed by atoms with Gasteiger partial charge in [-0.3, -0.25) is 9.59 Å². The molecule has 0 spiro atoms. The number of aliphatic carboxylic acids is 1. The first-order chi connectivity index (χ1) is 10.1. The molecule has 0 saturated carbocycles. The minimum Gasteiger partial charge on any atom is -0.481 e. The predicted molar refractivity (Wildman–Crippen MR) is 81.1 cm³/mol. The average molecular weight is 301 g/mol. The Bertz CT molecular complexity index is 703. The van der Waals surface area contributed by atoms with E-state index in [4.69, 9.17) is 0 Å². The molecule has 1 atom stereocenters. The molecule has 1 aromatic carbocycles. The monoisotopic (exact) mass is 301 g/mol. The molecule has 1 aliphatic rings. The summed E-state index contributed by atoms with van der Waals surface area (Å²) in [4.78, 5) is 24.9. The molecule has 0 aliphatic carbocycles. The molecule has 1 unspecified atom stereocenters. The van der Waals surface area contributed by atoms with E-state index in [-0.39, 0.29) is 5.78 Å². The van der Waals surface area contributed by atoms with Gasteiger partial charge in [0.2, 0.25) is 5.78 Å². The number of carboxylic acids is 1. The summed E-state index contributed by atoms with van der Waals surface area (Å²) in [6.07, 6.45) is 2.54. The van der Waals surface area contributed by atoms with Crippen molar-refractivity contribution >= 4 is 23.5 Å². The molecule has 2 heterocycles. The maximum absolute atomic E-state index is 12.6. The fraction of sp³-hybridized carbons (Fsp3) is 0.250. The van der Waals surface area contributed by atoms with E-state index >= 15 is 0 Å². The zero-order chi connectivity index (χ0) is 15.0. The van der Waals surface area contributed by atoms with Gasteiger partial charge in [-0.2, -0.15) is 0 Å². The van der Waals surface area contributed by atoms with E-state index in [2.05, 4.69) is 0 Å². The molecule has 3 rings (SSSR count). The lowest BCUT2D eigenvalue weighted by Crippen LogP contribution is -2.10. The molecule has 1 N–H and O–H groups in total. The molecule has 21 heavy (non-hydrogen) atoms. The molecule has 5 heteroatoms. The SMILES string of the molecule is CSc1ccc(C(=O)c2ccc3n2CCC3C(=O)O)cc1. The van der Waals surface area contributed by atoms with Gasteiger partial charge in [-0.05, 0) is 49.1 Å². The maximum atomic E-state index is 12.6. The van der Waals surface area contributed by atoms with Crippen molar-refractivity contribution < 1.29 is 14.7 Å². The topological polar surface area (TPSA) is 59.3 Å². The molecule has 0 radical (unpaired) electrons. The van der Waals surface area contributed by atoms with Gasteiger partial charge in [0.15, 0.2) is 0 Å². The van der Waals surface area contributed by atoms with E-state index in [9.17, 15) is 14.7 Å². The fourth-order valence-electron chi connectivity index (χ4n) is 2.78. The average Bonchev–Trinajstić information content (AvgIpc) is 3.07. The molecule has 108 valence electrons. The quantitative estimate of drug-likeness (QED) is 0.696. The van der Waals surface area contributed by atoms with Crippen LogP contribution in [-0.2, 0) is 11.3 Å². The summed E-state index contributed by atoms with van der Waals surface area (Å²) in [5, 5.41) is 9.18. The predicted octanol–water partition coefficient (Wildman–Crippen LogP) is 3.01. The molecular weight excluding hydrogens is 286 g/mol. The number of ketones is 1. The van der Waals surface area contributed by atoms with Gasteiger partial charge in [0.05, 0.1) is 11.6 Å². The summed E-state index contributed by atoms with van der Waals surface area (Å²) in [5.41, 5.74) is 1.93. The van der Waals surface area contributed by atoms with Crippen LogP contribution >= 0.6 is 11.8 Å². The Morgan fingerprint density at radius 2 is 1.90 bits per heavy atom. The highest BCUT2D eigenvalue weighted by molar-refractivity contribution is 7.98. The molecule has 4 nitrogen and oxygen atoms in total. The number of nitrogens with zero attached hydrogens (tertiary/aromatic N) is 1. The number of fused-ring (bicyclic) bond motifs is 1. The van der Waals surface area contributed by atoms with Crippen LogP contribution in [0.5, 0.6) is 0 Å². The van der Waals surface area contributed by atoms with Gasteiger partial charge in [-0.25, -0.2) is 0 Å². The first kappa shape index (κ1) is 13.9. The van der Waals surface area contributed by atoms with Crippen LogP contribution in [0.2, 0.25) is 0 Å². The molecule has 0 bridgehead atoms. The van der Waals surface area contributed by atoms with Crippen molar-refractivity contribution in [1.29, 1.82) is 0 Å². The van der Waals surface area contributed by atoms with Crippen LogP contribution in [0.25, 0.3) is 0 Å². The van der Waals surface area contributed by atoms with E-state index in [0.29, 0.717) is 24.2 Å². The van der Waals surface area contributed by atoms with Gasteiger partial charge in [-0.1, -0.05) is 0 Å². The standard InChI is InChI=1S/C16H15NO3S/c1-21-11-4-2-10(3-5-11)15(18)14-7-6-13-12(16(19)20)8-9-17(13)14/h2-7,12H,8-9H2,1H3,(H,19,20). The van der Waals surface area contributed by atoms with Crippen molar-refractivity contribution in [1.82, 2.24) is 4.57 Å². The Balaban J connectivity index is 1.93. The Morgan fingerprint density at radius 3 is 2.52 bits per heavy atom. The van der Waals surface area contributed by atoms with Crippen molar-refractivity contribution in [3.05, 3.63) is 53.3 Å². The van der Waals surface area contributed by atoms with E-state index in [1.165, 1.54) is 0 Å². The third-order valence-electron chi connectivity index (χ3n) is 3.90. The minimum atomic E-state index is -0.824. The third kappa shape index (κ3) is 2.38. The third-order valence-corrected chi connectivity index (χ3v) is 4.64. The highest BCUT2D eigenvalue weighted by Crippen LogP contribution is 2.31. The van der Waals surface area contributed by atoms with E-state index in [1.807, 2.05) is 35.1 Å². The number of rotatable bonds is 4. The second-order valence-corrected chi connectivity index (χ2v) is 5.91. The van der Waals surface area contributed by atoms with Gasteiger partial charge < -0.3 is 9.67 Å². The molecule has 0 fully saturated rings. The summed E-state index contributed by atoms with van der Waals surface area (Å²) < 4.78 is 1.84. The Hall–Kier alpha value is -2.01. The van der Waals surface area contributed by atoms with Gasteiger partial charge in [0, 0.05) is 22.7 Å². The molecule has 2 aromatic rings. The summed E-state index contributed by atoms with van der Waals surface area (Å²) >= 11 is 1.63. The highest BCUT2D eigenvalue weighted by Gasteiger charge is 2.31. The Kier molecular flexibility index (Phi) is 3.59. The fourth-order valence-corrected chi connectivity index (χ4v) is 3.19. The molecular formula is C16H15NO3S. The van der Waals surface area contributed by atoms with Crippen LogP contribution < -0.4 is 0 Å². The lowest BCUT2D eigenvalue weighted by molar-refractivity contribution is -0.138. The smallest absolute Gasteiger partial charge is 0.312 e. The van der Waals surface area contributed by atoms with Crippen molar-refractivity contribution in [3.8, 4) is 0 Å². The first-order valence-corrected chi connectivity index (χ1v) is 7.95. The summed E-state index contributed by atoms with van der Waals surface area (Å²) in [5.74, 6) is -1.37. The van der Waals surface area contributed by atoms with Crippen molar-refractivity contribution in [2.45, 2.75) is 23.8 Å². The maximum Gasteiger partial charge on any atom is 0.312 e. The molecule has 0 amide bonds. The lowest BCUT2D eigenvalue weighted by atomic mass is 10.1. The number of carbonyl (C=O) groups excluding carboxylic acids is 1. The number of benzene rings is 1. The van der Waals surface area contributed by atoms with Gasteiger partial charge in [-0.15, -0.1) is 11.8 Å². The number of carboxylic acid groups (broad SMARTS) is 1. The van der Waals surface area contributed by atoms with Crippen molar-refractivity contribution in [2.24, 2.45) is 0 Å². The summed E-state index contributed by atoms with van der Waals surface area (Å²) in [6, 6.07) is 11.0. The van der Waals surface area contributed by atoms with Crippen LogP contribution in [-0.4, -0.2) is 27.7 Å². The van der Waals surface area contributed by atoms with Gasteiger partial charge in [0.25, 0.3) is 0 Å². The normalized spacial score (nSPS) is 16.7. The Morgan fingerprint density at radius 1 is 1.19 bits per heavy atom. The highest BCUT2D eigenvalue weighted by atomic mass is 32.2. The lowest BCUT2D eigenvalue weighted by Gasteiger charge is -2.06. The number of aromatic nitrogens is 1.